The molecule has 0 amide bonds. The fourth-order valence-electron chi connectivity index (χ4n) is 9.43. The van der Waals surface area contributed by atoms with E-state index in [1.54, 1.807) is 0 Å². The number of benzene rings is 7. The Morgan fingerprint density at radius 2 is 1.29 bits per heavy atom. The van der Waals surface area contributed by atoms with Crippen molar-refractivity contribution < 1.29 is 0 Å². The normalized spacial score (nSPS) is 15.4. The average molecular weight is 718 g/mol. The van der Waals surface area contributed by atoms with Crippen LogP contribution < -0.4 is 0 Å². The molecule has 5 nitrogen and oxygen atoms in total. The first-order valence-corrected chi connectivity index (χ1v) is 19.4. The Balaban J connectivity index is 1.16. The predicted octanol–water partition coefficient (Wildman–Crippen LogP) is 12.4. The third-order valence-electron chi connectivity index (χ3n) is 11.9. The highest BCUT2D eigenvalue weighted by Gasteiger charge is 2.26. The van der Waals surface area contributed by atoms with Crippen molar-refractivity contribution in [1.29, 1.82) is 0 Å². The number of hydrogen-bond acceptors (Lipinski definition) is 2. The van der Waals surface area contributed by atoms with Crippen LogP contribution in [0.3, 0.4) is 0 Å². The zero-order valence-electron chi connectivity index (χ0n) is 30.5. The molecule has 7 aromatic carbocycles. The van der Waals surface area contributed by atoms with E-state index in [9.17, 15) is 0 Å². The number of para-hydroxylation sites is 2. The van der Waals surface area contributed by atoms with Crippen LogP contribution in [0.4, 0.5) is 0 Å². The number of nitrogens with zero attached hydrogens (tertiary/aromatic N) is 5. The zero-order valence-corrected chi connectivity index (χ0v) is 30.5. The van der Waals surface area contributed by atoms with Crippen LogP contribution in [-0.2, 0) is 6.67 Å². The second-order valence-corrected chi connectivity index (χ2v) is 14.9. The smallest absolute Gasteiger partial charge is 0.182 e. The Morgan fingerprint density at radius 1 is 0.571 bits per heavy atom. The molecule has 2 aliphatic carbocycles. The van der Waals surface area contributed by atoms with E-state index in [1.807, 2.05) is 0 Å². The van der Waals surface area contributed by atoms with Gasteiger partial charge in [0.25, 0.3) is 0 Å². The minimum absolute atomic E-state index is 0.319. The van der Waals surface area contributed by atoms with Crippen LogP contribution in [0.1, 0.15) is 12.2 Å². The fraction of sp³-hybridized carbons (Fsp3) is 0.0588. The van der Waals surface area contributed by atoms with E-state index in [0.29, 0.717) is 12.6 Å². The summed E-state index contributed by atoms with van der Waals surface area (Å²) in [4.78, 5) is 5.44. The van der Waals surface area contributed by atoms with Crippen LogP contribution in [0.25, 0.3) is 87.8 Å². The summed E-state index contributed by atoms with van der Waals surface area (Å²) in [5, 5.41) is 15.1. The van der Waals surface area contributed by atoms with Crippen molar-refractivity contribution in [3.05, 3.63) is 193 Å². The highest BCUT2D eigenvalue weighted by molar-refractivity contribution is 6.26. The molecule has 1 unspecified atom stereocenters. The quantitative estimate of drug-likeness (QED) is 0.178. The molecule has 5 heteroatoms. The van der Waals surface area contributed by atoms with Gasteiger partial charge in [0.1, 0.15) is 6.67 Å². The molecule has 0 fully saturated rings. The van der Waals surface area contributed by atoms with Gasteiger partial charge in [-0.25, -0.2) is 9.67 Å². The van der Waals surface area contributed by atoms with Crippen LogP contribution >= 0.6 is 0 Å². The van der Waals surface area contributed by atoms with E-state index in [0.717, 1.165) is 34.6 Å². The average Bonchev–Trinajstić information content (AvgIpc) is 3.93. The zero-order chi connectivity index (χ0) is 36.7. The van der Waals surface area contributed by atoms with Crippen LogP contribution in [0.2, 0.25) is 0 Å². The van der Waals surface area contributed by atoms with Gasteiger partial charge in [0.05, 0.1) is 27.8 Å². The molecule has 264 valence electrons. The second-order valence-electron chi connectivity index (χ2n) is 14.9. The lowest BCUT2D eigenvalue weighted by atomic mass is 9.84. The molecule has 1 atom stereocenters. The SMILES string of the molecule is C1=CC2=C(c3nc(-c4cccc5ccccc45)nn3Cn3c4ccccc4c4ccc5c(c6ccccc6n5-c5cccc6ccccc56)c43)C=CCC2C=C1. The van der Waals surface area contributed by atoms with E-state index in [-0.39, 0.29) is 0 Å². The van der Waals surface area contributed by atoms with E-state index in [1.165, 1.54) is 71.0 Å². The van der Waals surface area contributed by atoms with Gasteiger partial charge in [0, 0.05) is 44.0 Å². The highest BCUT2D eigenvalue weighted by Crippen LogP contribution is 2.42. The lowest BCUT2D eigenvalue weighted by molar-refractivity contribution is 0.567. The lowest BCUT2D eigenvalue weighted by Gasteiger charge is -2.22. The van der Waals surface area contributed by atoms with Gasteiger partial charge in [-0.1, -0.05) is 158 Å². The van der Waals surface area contributed by atoms with Crippen LogP contribution in [0, 0.1) is 5.92 Å². The van der Waals surface area contributed by atoms with E-state index < -0.39 is 0 Å². The molecule has 3 heterocycles. The standard InChI is InChI=1S/C51H35N5/c1-4-20-36-33(14-1)17-11-25-41(36)50-52-51(42-26-12-18-34-15-2-5-21-37(34)42)55(53-50)32-54-44-27-9-7-23-39(44)40-30-31-47-48(49(40)54)43-24-8-10-28-46(43)56(47)45-29-13-19-35-16-3-6-22-38(35)45/h1-17,19-31,34H,18,32H2. The molecule has 3 aromatic heterocycles. The van der Waals surface area contributed by atoms with Crippen molar-refractivity contribution >= 4 is 70.7 Å². The first-order valence-electron chi connectivity index (χ1n) is 19.4. The van der Waals surface area contributed by atoms with E-state index in [4.69, 9.17) is 10.1 Å². The maximum atomic E-state index is 5.44. The van der Waals surface area contributed by atoms with Gasteiger partial charge < -0.3 is 9.13 Å². The number of aromatic nitrogens is 5. The van der Waals surface area contributed by atoms with Gasteiger partial charge in [-0.3, -0.25) is 0 Å². The summed E-state index contributed by atoms with van der Waals surface area (Å²) in [6, 6.07) is 52.5. The van der Waals surface area contributed by atoms with Crippen LogP contribution in [0.5, 0.6) is 0 Å². The predicted molar refractivity (Wildman–Crippen MR) is 232 cm³/mol. The molecular formula is C51H35N5. The summed E-state index contributed by atoms with van der Waals surface area (Å²) in [5.41, 5.74) is 9.35. The van der Waals surface area contributed by atoms with Crippen molar-refractivity contribution in [2.24, 2.45) is 5.92 Å². The maximum absolute atomic E-state index is 5.44. The van der Waals surface area contributed by atoms with E-state index >= 15 is 0 Å². The molecule has 0 radical (unpaired) electrons. The number of rotatable bonds is 5. The lowest BCUT2D eigenvalue weighted by Crippen LogP contribution is -2.15. The topological polar surface area (TPSA) is 40.6 Å². The monoisotopic (exact) mass is 717 g/mol. The van der Waals surface area contributed by atoms with Gasteiger partial charge in [0.2, 0.25) is 0 Å². The molecule has 0 spiro atoms. The van der Waals surface area contributed by atoms with Gasteiger partial charge in [-0.05, 0) is 52.4 Å². The van der Waals surface area contributed by atoms with Gasteiger partial charge in [-0.2, -0.15) is 0 Å². The first-order chi connectivity index (χ1) is 27.8. The molecule has 0 aliphatic heterocycles. The maximum Gasteiger partial charge on any atom is 0.182 e. The van der Waals surface area contributed by atoms with Crippen molar-refractivity contribution in [3.63, 3.8) is 0 Å². The summed E-state index contributed by atoms with van der Waals surface area (Å²) in [6.45, 7) is 0.485. The van der Waals surface area contributed by atoms with E-state index in [2.05, 4.69) is 196 Å². The van der Waals surface area contributed by atoms with Crippen LogP contribution in [0.15, 0.2) is 188 Å². The van der Waals surface area contributed by atoms with Crippen molar-refractivity contribution in [3.8, 4) is 17.1 Å². The minimum atomic E-state index is 0.319. The highest BCUT2D eigenvalue weighted by atomic mass is 15.4. The number of allylic oxidation sites excluding steroid dienone is 8. The Bertz CT molecular complexity index is 3370. The first kappa shape index (κ1) is 31.1. The molecule has 0 saturated carbocycles. The molecule has 56 heavy (non-hydrogen) atoms. The summed E-state index contributed by atoms with van der Waals surface area (Å²) in [7, 11) is 0. The molecule has 2 aliphatic rings. The summed E-state index contributed by atoms with van der Waals surface area (Å²) < 4.78 is 7.08. The molecule has 10 aromatic rings. The molecule has 0 saturated heterocycles. The molecule has 0 N–H and O–H groups in total. The third-order valence-corrected chi connectivity index (χ3v) is 11.9. The van der Waals surface area contributed by atoms with Gasteiger partial charge in [0.15, 0.2) is 11.6 Å². The van der Waals surface area contributed by atoms with Crippen molar-refractivity contribution in [2.45, 2.75) is 13.1 Å². The summed E-state index contributed by atoms with van der Waals surface area (Å²) >= 11 is 0. The van der Waals surface area contributed by atoms with Crippen molar-refractivity contribution in [2.75, 3.05) is 0 Å². The Kier molecular flexibility index (Phi) is 6.75. The number of hydrogen-bond donors (Lipinski definition) is 0. The van der Waals surface area contributed by atoms with Crippen molar-refractivity contribution in [1.82, 2.24) is 23.9 Å². The fourth-order valence-corrected chi connectivity index (χ4v) is 9.43. The van der Waals surface area contributed by atoms with Gasteiger partial charge in [-0.15, -0.1) is 5.10 Å². The second kappa shape index (κ2) is 12.1. The Hall–Kier alpha value is -7.24. The minimum Gasteiger partial charge on any atom is -0.319 e. The summed E-state index contributed by atoms with van der Waals surface area (Å²) in [5.74, 6) is 1.92. The van der Waals surface area contributed by atoms with Gasteiger partial charge >= 0.3 is 0 Å². The number of fused-ring (bicyclic) bond motifs is 10. The molecule has 0 bridgehead atoms. The summed E-state index contributed by atoms with van der Waals surface area (Å²) in [6.07, 6.45) is 14.4. The Labute approximate surface area is 323 Å². The largest absolute Gasteiger partial charge is 0.319 e. The molecular weight excluding hydrogens is 683 g/mol. The molecule has 12 rings (SSSR count). The third kappa shape index (κ3) is 4.55. The van der Waals surface area contributed by atoms with Crippen LogP contribution in [-0.4, -0.2) is 23.9 Å². The Morgan fingerprint density at radius 3 is 2.16 bits per heavy atom.